The van der Waals surface area contributed by atoms with E-state index in [0.29, 0.717) is 23.7 Å². The van der Waals surface area contributed by atoms with Crippen LogP contribution in [0.2, 0.25) is 5.02 Å². The number of rotatable bonds is 4. The third kappa shape index (κ3) is 2.53. The number of nitrogens with one attached hydrogen (secondary N) is 2. The van der Waals surface area contributed by atoms with Gasteiger partial charge in [-0.15, -0.1) is 0 Å². The second-order valence-electron chi connectivity index (χ2n) is 3.45. The molecule has 2 rings (SSSR count). The van der Waals surface area contributed by atoms with Gasteiger partial charge < -0.3 is 10.4 Å². The molecule has 0 radical (unpaired) electrons. The van der Waals surface area contributed by atoms with E-state index in [1.807, 2.05) is 6.20 Å². The van der Waals surface area contributed by atoms with Crippen LogP contribution in [-0.2, 0) is 13.1 Å². The molecule has 1 aromatic carbocycles. The van der Waals surface area contributed by atoms with Crippen LogP contribution in [0.15, 0.2) is 30.6 Å². The van der Waals surface area contributed by atoms with E-state index < -0.39 is 0 Å². The Bertz CT molecular complexity index is 436. The second-order valence-corrected chi connectivity index (χ2v) is 3.85. The minimum absolute atomic E-state index is 0.215. The highest BCUT2D eigenvalue weighted by molar-refractivity contribution is 6.31. The zero-order valence-electron chi connectivity index (χ0n) is 8.57. The standard InChI is InChI=1S/C11H12ClN3O/c12-10-2-1-3-11(16)9(10)7-13-4-8-5-14-15-6-8/h1-3,5-6,13,16H,4,7H2,(H,14,15). The number of aromatic hydroxyl groups is 1. The van der Waals surface area contributed by atoms with Crippen molar-refractivity contribution in [2.24, 2.45) is 0 Å². The number of nitrogens with zero attached hydrogens (tertiary/aromatic N) is 1. The van der Waals surface area contributed by atoms with Crippen molar-refractivity contribution in [2.45, 2.75) is 13.1 Å². The zero-order valence-corrected chi connectivity index (χ0v) is 9.33. The van der Waals surface area contributed by atoms with E-state index in [9.17, 15) is 5.11 Å². The maximum Gasteiger partial charge on any atom is 0.121 e. The first-order valence-corrected chi connectivity index (χ1v) is 5.30. The lowest BCUT2D eigenvalue weighted by Crippen LogP contribution is -2.12. The quantitative estimate of drug-likeness (QED) is 0.763. The molecule has 0 amide bonds. The summed E-state index contributed by atoms with van der Waals surface area (Å²) < 4.78 is 0. The van der Waals surface area contributed by atoms with Crippen LogP contribution in [0.1, 0.15) is 11.1 Å². The van der Waals surface area contributed by atoms with Gasteiger partial charge in [0.25, 0.3) is 0 Å². The van der Waals surface area contributed by atoms with E-state index in [2.05, 4.69) is 15.5 Å². The number of aromatic nitrogens is 2. The van der Waals surface area contributed by atoms with Crippen LogP contribution >= 0.6 is 11.6 Å². The van der Waals surface area contributed by atoms with Gasteiger partial charge in [-0.2, -0.15) is 5.10 Å². The Morgan fingerprint density at radius 1 is 1.38 bits per heavy atom. The topological polar surface area (TPSA) is 60.9 Å². The summed E-state index contributed by atoms with van der Waals surface area (Å²) in [5.41, 5.74) is 1.78. The molecular weight excluding hydrogens is 226 g/mol. The Morgan fingerprint density at radius 2 is 2.25 bits per heavy atom. The van der Waals surface area contributed by atoms with Crippen LogP contribution in [0.25, 0.3) is 0 Å². The molecule has 0 bridgehead atoms. The molecule has 1 heterocycles. The van der Waals surface area contributed by atoms with E-state index in [1.54, 1.807) is 24.4 Å². The highest BCUT2D eigenvalue weighted by atomic mass is 35.5. The second kappa shape index (κ2) is 5.01. The predicted molar refractivity (Wildman–Crippen MR) is 62.2 cm³/mol. The molecule has 0 saturated carbocycles. The normalized spacial score (nSPS) is 10.6. The summed E-state index contributed by atoms with van der Waals surface area (Å²) in [4.78, 5) is 0. The molecular formula is C11H12ClN3O. The summed E-state index contributed by atoms with van der Waals surface area (Å²) in [6.07, 6.45) is 3.57. The van der Waals surface area contributed by atoms with Crippen LogP contribution in [-0.4, -0.2) is 15.3 Å². The van der Waals surface area contributed by atoms with Crippen LogP contribution in [0, 0.1) is 0 Å². The summed E-state index contributed by atoms with van der Waals surface area (Å²) in [5, 5.41) is 19.9. The van der Waals surface area contributed by atoms with Gasteiger partial charge in [-0.1, -0.05) is 17.7 Å². The molecule has 0 aliphatic heterocycles. The number of halogens is 1. The summed E-state index contributed by atoms with van der Waals surface area (Å²) in [7, 11) is 0. The maximum absolute atomic E-state index is 9.61. The lowest BCUT2D eigenvalue weighted by molar-refractivity contribution is 0.464. The molecule has 0 saturated heterocycles. The number of H-pyrrole nitrogens is 1. The molecule has 2 aromatic rings. The fourth-order valence-electron chi connectivity index (χ4n) is 1.43. The third-order valence-corrected chi connectivity index (χ3v) is 2.63. The summed E-state index contributed by atoms with van der Waals surface area (Å²) in [6.45, 7) is 1.21. The Balaban J connectivity index is 1.95. The molecule has 0 aliphatic rings. The molecule has 0 unspecified atom stereocenters. The van der Waals surface area contributed by atoms with E-state index >= 15 is 0 Å². The average molecular weight is 238 g/mol. The molecule has 1 aromatic heterocycles. The van der Waals surface area contributed by atoms with E-state index in [1.165, 1.54) is 0 Å². The SMILES string of the molecule is Oc1cccc(Cl)c1CNCc1cn[nH]c1. The smallest absolute Gasteiger partial charge is 0.121 e. The van der Waals surface area contributed by atoms with Crippen molar-refractivity contribution in [3.63, 3.8) is 0 Å². The molecule has 0 fully saturated rings. The fraction of sp³-hybridized carbons (Fsp3) is 0.182. The number of phenolic OH excluding ortho intramolecular Hbond substituents is 1. The van der Waals surface area contributed by atoms with Gasteiger partial charge in [0.15, 0.2) is 0 Å². The molecule has 84 valence electrons. The highest BCUT2D eigenvalue weighted by Crippen LogP contribution is 2.24. The van der Waals surface area contributed by atoms with Crippen LogP contribution in [0.5, 0.6) is 5.75 Å². The van der Waals surface area contributed by atoms with Gasteiger partial charge in [0.2, 0.25) is 0 Å². The van der Waals surface area contributed by atoms with Crippen LogP contribution < -0.4 is 5.32 Å². The number of aromatic amines is 1. The van der Waals surface area contributed by atoms with E-state index in [0.717, 1.165) is 5.56 Å². The minimum atomic E-state index is 0.215. The molecule has 5 heteroatoms. The van der Waals surface area contributed by atoms with Crippen LogP contribution in [0.4, 0.5) is 0 Å². The van der Waals surface area contributed by atoms with Gasteiger partial charge >= 0.3 is 0 Å². The van der Waals surface area contributed by atoms with Gasteiger partial charge in [0.1, 0.15) is 5.75 Å². The lowest BCUT2D eigenvalue weighted by Gasteiger charge is -2.07. The van der Waals surface area contributed by atoms with Crippen molar-refractivity contribution >= 4 is 11.6 Å². The van der Waals surface area contributed by atoms with Crippen LogP contribution in [0.3, 0.4) is 0 Å². The predicted octanol–water partition coefficient (Wildman–Crippen LogP) is 2.06. The number of hydrogen-bond acceptors (Lipinski definition) is 3. The molecule has 3 N–H and O–H groups in total. The molecule has 0 aliphatic carbocycles. The Labute approximate surface area is 98.3 Å². The first kappa shape index (κ1) is 11.0. The average Bonchev–Trinajstić information content (AvgIpc) is 2.75. The van der Waals surface area contributed by atoms with Crippen molar-refractivity contribution in [1.82, 2.24) is 15.5 Å². The van der Waals surface area contributed by atoms with E-state index in [4.69, 9.17) is 11.6 Å². The van der Waals surface area contributed by atoms with Gasteiger partial charge in [-0.05, 0) is 12.1 Å². The fourth-order valence-corrected chi connectivity index (χ4v) is 1.66. The first-order valence-electron chi connectivity index (χ1n) is 4.92. The Morgan fingerprint density at radius 3 is 2.94 bits per heavy atom. The zero-order chi connectivity index (χ0) is 11.4. The maximum atomic E-state index is 9.61. The third-order valence-electron chi connectivity index (χ3n) is 2.28. The van der Waals surface area contributed by atoms with Crippen molar-refractivity contribution in [1.29, 1.82) is 0 Å². The Kier molecular flexibility index (Phi) is 3.44. The van der Waals surface area contributed by atoms with E-state index in [-0.39, 0.29) is 5.75 Å². The highest BCUT2D eigenvalue weighted by Gasteiger charge is 2.05. The van der Waals surface area contributed by atoms with Gasteiger partial charge in [0, 0.05) is 35.4 Å². The Hall–Kier alpha value is -1.52. The molecule has 0 spiro atoms. The first-order chi connectivity index (χ1) is 7.77. The molecule has 0 atom stereocenters. The van der Waals surface area contributed by atoms with Crippen molar-refractivity contribution in [3.8, 4) is 5.75 Å². The van der Waals surface area contributed by atoms with Crippen molar-refractivity contribution < 1.29 is 5.11 Å². The summed E-state index contributed by atoms with van der Waals surface area (Å²) >= 11 is 5.97. The lowest BCUT2D eigenvalue weighted by atomic mass is 10.2. The van der Waals surface area contributed by atoms with Gasteiger partial charge in [0.05, 0.1) is 6.20 Å². The summed E-state index contributed by atoms with van der Waals surface area (Å²) in [5.74, 6) is 0.215. The van der Waals surface area contributed by atoms with Crippen molar-refractivity contribution in [3.05, 3.63) is 46.7 Å². The van der Waals surface area contributed by atoms with Crippen molar-refractivity contribution in [2.75, 3.05) is 0 Å². The number of benzene rings is 1. The minimum Gasteiger partial charge on any atom is -0.508 e. The number of phenols is 1. The number of hydrogen-bond donors (Lipinski definition) is 3. The van der Waals surface area contributed by atoms with Gasteiger partial charge in [-0.25, -0.2) is 0 Å². The molecule has 4 nitrogen and oxygen atoms in total. The van der Waals surface area contributed by atoms with Gasteiger partial charge in [-0.3, -0.25) is 5.10 Å². The summed E-state index contributed by atoms with van der Waals surface area (Å²) in [6, 6.07) is 5.11. The molecule has 16 heavy (non-hydrogen) atoms. The monoisotopic (exact) mass is 237 g/mol. The largest absolute Gasteiger partial charge is 0.508 e.